The summed E-state index contributed by atoms with van der Waals surface area (Å²) in [6.45, 7) is 7.56. The number of imidazole rings is 1. The van der Waals surface area contributed by atoms with Gasteiger partial charge in [-0.1, -0.05) is 6.92 Å². The maximum absolute atomic E-state index is 6.11. The van der Waals surface area contributed by atoms with Crippen LogP contribution in [0.1, 0.15) is 31.4 Å². The fourth-order valence-electron chi connectivity index (χ4n) is 2.99. The van der Waals surface area contributed by atoms with Gasteiger partial charge in [-0.25, -0.2) is 9.97 Å². The number of aryl methyl sites for hydroxylation is 1. The van der Waals surface area contributed by atoms with Gasteiger partial charge in [-0.15, -0.1) is 0 Å². The Labute approximate surface area is 113 Å². The van der Waals surface area contributed by atoms with E-state index in [0.29, 0.717) is 12.0 Å². The number of fused-ring (bicyclic) bond motifs is 1. The van der Waals surface area contributed by atoms with Gasteiger partial charge in [-0.3, -0.25) is 4.57 Å². The highest BCUT2D eigenvalue weighted by Gasteiger charge is 2.24. The molecule has 1 aliphatic rings. The van der Waals surface area contributed by atoms with Gasteiger partial charge >= 0.3 is 0 Å². The van der Waals surface area contributed by atoms with Crippen LogP contribution in [0.15, 0.2) is 12.3 Å². The molecule has 5 nitrogen and oxygen atoms in total. The molecule has 1 saturated heterocycles. The number of aromatic nitrogens is 3. The van der Waals surface area contributed by atoms with Gasteiger partial charge in [0.1, 0.15) is 5.52 Å². The summed E-state index contributed by atoms with van der Waals surface area (Å²) in [5, 5.41) is 0. The van der Waals surface area contributed by atoms with Gasteiger partial charge in [0, 0.05) is 12.7 Å². The van der Waals surface area contributed by atoms with Crippen molar-refractivity contribution in [1.29, 1.82) is 0 Å². The van der Waals surface area contributed by atoms with E-state index < -0.39 is 0 Å². The Morgan fingerprint density at radius 1 is 1.47 bits per heavy atom. The molecular weight excluding hydrogens is 238 g/mol. The predicted octanol–water partition coefficient (Wildman–Crippen LogP) is 1.98. The lowest BCUT2D eigenvalue weighted by atomic mass is 10.1. The maximum Gasteiger partial charge on any atom is 0.202 e. The molecule has 1 aliphatic heterocycles. The summed E-state index contributed by atoms with van der Waals surface area (Å²) >= 11 is 0. The van der Waals surface area contributed by atoms with Crippen molar-refractivity contribution < 1.29 is 0 Å². The number of likely N-dealkylation sites (N-methyl/N-ethyl adjacent to an activating group) is 1. The second-order valence-corrected chi connectivity index (χ2v) is 5.38. The van der Waals surface area contributed by atoms with Crippen molar-refractivity contribution in [1.82, 2.24) is 19.4 Å². The van der Waals surface area contributed by atoms with Gasteiger partial charge < -0.3 is 10.6 Å². The Morgan fingerprint density at radius 3 is 3.11 bits per heavy atom. The molecule has 19 heavy (non-hydrogen) atoms. The van der Waals surface area contributed by atoms with Crippen LogP contribution in [-0.2, 0) is 0 Å². The Hall–Kier alpha value is -1.62. The highest BCUT2D eigenvalue weighted by atomic mass is 15.2. The predicted molar refractivity (Wildman–Crippen MR) is 77.1 cm³/mol. The number of nitrogen functional groups attached to an aromatic ring is 1. The number of pyridine rings is 1. The van der Waals surface area contributed by atoms with E-state index in [1.165, 1.54) is 13.0 Å². The number of nitrogens with zero attached hydrogens (tertiary/aromatic N) is 4. The van der Waals surface area contributed by atoms with Gasteiger partial charge in [0.25, 0.3) is 0 Å². The van der Waals surface area contributed by atoms with Crippen molar-refractivity contribution >= 4 is 17.1 Å². The molecule has 0 aromatic carbocycles. The van der Waals surface area contributed by atoms with Crippen molar-refractivity contribution in [2.24, 2.45) is 0 Å². The van der Waals surface area contributed by atoms with Gasteiger partial charge in [-0.05, 0) is 44.5 Å². The van der Waals surface area contributed by atoms with Gasteiger partial charge in [-0.2, -0.15) is 0 Å². The average Bonchev–Trinajstić information content (AvgIpc) is 2.73. The van der Waals surface area contributed by atoms with Crippen molar-refractivity contribution in [3.63, 3.8) is 0 Å². The van der Waals surface area contributed by atoms with E-state index in [2.05, 4.69) is 32.4 Å². The smallest absolute Gasteiger partial charge is 0.202 e. The summed E-state index contributed by atoms with van der Waals surface area (Å²) in [4.78, 5) is 11.5. The van der Waals surface area contributed by atoms with Crippen molar-refractivity contribution in [2.75, 3.05) is 25.4 Å². The van der Waals surface area contributed by atoms with E-state index >= 15 is 0 Å². The minimum Gasteiger partial charge on any atom is -0.369 e. The minimum atomic E-state index is 0.397. The standard InChI is InChI=1S/C14H21N5/c1-3-18-6-4-5-11(9-18)19-13-12(17-14(19)15)7-10(2)8-16-13/h7-8,11H,3-6,9H2,1-2H3,(H2,15,17). The number of piperidine rings is 1. The molecule has 0 aliphatic carbocycles. The molecule has 2 aromatic rings. The topological polar surface area (TPSA) is 60.0 Å². The quantitative estimate of drug-likeness (QED) is 0.896. The lowest BCUT2D eigenvalue weighted by molar-refractivity contribution is 0.188. The highest BCUT2D eigenvalue weighted by molar-refractivity contribution is 5.74. The van der Waals surface area contributed by atoms with E-state index in [-0.39, 0.29) is 0 Å². The van der Waals surface area contributed by atoms with Crippen LogP contribution in [0.3, 0.4) is 0 Å². The molecule has 2 aromatic heterocycles. The lowest BCUT2D eigenvalue weighted by Crippen LogP contribution is -2.36. The summed E-state index contributed by atoms with van der Waals surface area (Å²) in [5.74, 6) is 0.594. The summed E-state index contributed by atoms with van der Waals surface area (Å²) in [6.07, 6.45) is 4.26. The third-order valence-corrected chi connectivity index (χ3v) is 3.99. The van der Waals surface area contributed by atoms with Gasteiger partial charge in [0.2, 0.25) is 5.95 Å². The largest absolute Gasteiger partial charge is 0.369 e. The zero-order valence-corrected chi connectivity index (χ0v) is 11.6. The SMILES string of the molecule is CCN1CCCC(n2c(N)nc3cc(C)cnc32)C1. The van der Waals surface area contributed by atoms with E-state index in [9.17, 15) is 0 Å². The second kappa shape index (κ2) is 4.81. The average molecular weight is 259 g/mol. The Morgan fingerprint density at radius 2 is 2.32 bits per heavy atom. The lowest BCUT2D eigenvalue weighted by Gasteiger charge is -2.32. The first kappa shape index (κ1) is 12.4. The zero-order chi connectivity index (χ0) is 13.4. The summed E-state index contributed by atoms with van der Waals surface area (Å²) < 4.78 is 2.12. The molecule has 0 saturated carbocycles. The van der Waals surface area contributed by atoms with Crippen LogP contribution in [0.2, 0.25) is 0 Å². The minimum absolute atomic E-state index is 0.397. The molecule has 3 heterocycles. The summed E-state index contributed by atoms with van der Waals surface area (Å²) in [7, 11) is 0. The molecule has 0 radical (unpaired) electrons. The Kier molecular flexibility index (Phi) is 3.14. The second-order valence-electron chi connectivity index (χ2n) is 5.38. The molecule has 3 rings (SSSR count). The molecule has 1 fully saturated rings. The maximum atomic E-state index is 6.11. The molecule has 1 unspecified atom stereocenters. The molecule has 0 amide bonds. The van der Waals surface area contributed by atoms with Gasteiger partial charge in [0.05, 0.1) is 6.04 Å². The molecule has 1 atom stereocenters. The first-order valence-electron chi connectivity index (χ1n) is 7.01. The first-order valence-corrected chi connectivity index (χ1v) is 7.01. The van der Waals surface area contributed by atoms with Crippen LogP contribution in [0.25, 0.3) is 11.2 Å². The molecule has 0 spiro atoms. The fraction of sp³-hybridized carbons (Fsp3) is 0.571. The number of hydrogen-bond acceptors (Lipinski definition) is 4. The number of hydrogen-bond donors (Lipinski definition) is 1. The monoisotopic (exact) mass is 259 g/mol. The summed E-state index contributed by atoms with van der Waals surface area (Å²) in [5.41, 5.74) is 9.07. The van der Waals surface area contributed by atoms with Crippen LogP contribution in [0.4, 0.5) is 5.95 Å². The summed E-state index contributed by atoms with van der Waals surface area (Å²) in [6, 6.07) is 2.45. The molecule has 5 heteroatoms. The van der Waals surface area contributed by atoms with Crippen LogP contribution in [0, 0.1) is 6.92 Å². The first-order chi connectivity index (χ1) is 9.19. The third-order valence-electron chi connectivity index (χ3n) is 3.99. The number of nitrogens with two attached hydrogens (primary N) is 1. The van der Waals surface area contributed by atoms with E-state index in [4.69, 9.17) is 5.73 Å². The Bertz CT molecular complexity index is 589. The number of likely N-dealkylation sites (tertiary alicyclic amines) is 1. The molecule has 102 valence electrons. The van der Waals surface area contributed by atoms with E-state index in [1.54, 1.807) is 0 Å². The molecule has 2 N–H and O–H groups in total. The van der Waals surface area contributed by atoms with Crippen molar-refractivity contribution in [3.05, 3.63) is 17.8 Å². The van der Waals surface area contributed by atoms with Crippen LogP contribution in [0.5, 0.6) is 0 Å². The van der Waals surface area contributed by atoms with Crippen LogP contribution < -0.4 is 5.73 Å². The normalized spacial score (nSPS) is 21.1. The Balaban J connectivity index is 2.02. The number of rotatable bonds is 2. The van der Waals surface area contributed by atoms with Crippen molar-refractivity contribution in [3.8, 4) is 0 Å². The third kappa shape index (κ3) is 2.18. The number of anilines is 1. The van der Waals surface area contributed by atoms with Gasteiger partial charge in [0.15, 0.2) is 5.65 Å². The zero-order valence-electron chi connectivity index (χ0n) is 11.6. The van der Waals surface area contributed by atoms with E-state index in [0.717, 1.165) is 36.2 Å². The molecular formula is C14H21N5. The highest BCUT2D eigenvalue weighted by Crippen LogP contribution is 2.28. The van der Waals surface area contributed by atoms with Crippen molar-refractivity contribution in [2.45, 2.75) is 32.7 Å². The van der Waals surface area contributed by atoms with Crippen LogP contribution in [-0.4, -0.2) is 39.1 Å². The fourth-order valence-corrected chi connectivity index (χ4v) is 2.99. The molecule has 0 bridgehead atoms. The van der Waals surface area contributed by atoms with E-state index in [1.807, 2.05) is 13.1 Å². The van der Waals surface area contributed by atoms with Crippen LogP contribution >= 0.6 is 0 Å².